The number of rotatable bonds is 3. The SMILES string of the molecule is CCc1c(Cl)nc(C)nc1N1CCC(C(C)O)CC1. The Balaban J connectivity index is 2.19. The minimum atomic E-state index is -0.219. The van der Waals surface area contributed by atoms with Crippen molar-refractivity contribution in [3.05, 3.63) is 16.5 Å². The molecule has 1 aromatic rings. The van der Waals surface area contributed by atoms with Gasteiger partial charge in [0.05, 0.1) is 6.10 Å². The summed E-state index contributed by atoms with van der Waals surface area (Å²) in [6.07, 6.45) is 2.62. The lowest BCUT2D eigenvalue weighted by Gasteiger charge is -2.35. The zero-order valence-electron chi connectivity index (χ0n) is 11.9. The van der Waals surface area contributed by atoms with E-state index in [1.807, 2.05) is 13.8 Å². The van der Waals surface area contributed by atoms with Crippen molar-refractivity contribution < 1.29 is 5.11 Å². The van der Waals surface area contributed by atoms with E-state index in [2.05, 4.69) is 21.8 Å². The Morgan fingerprint density at radius 3 is 2.53 bits per heavy atom. The Morgan fingerprint density at radius 1 is 1.37 bits per heavy atom. The molecular weight excluding hydrogens is 262 g/mol. The molecule has 1 unspecified atom stereocenters. The molecule has 0 amide bonds. The summed E-state index contributed by atoms with van der Waals surface area (Å²) in [6, 6.07) is 0. The summed E-state index contributed by atoms with van der Waals surface area (Å²) < 4.78 is 0. The molecule has 0 radical (unpaired) electrons. The summed E-state index contributed by atoms with van der Waals surface area (Å²) in [4.78, 5) is 11.1. The Bertz CT molecular complexity index is 443. The van der Waals surface area contributed by atoms with Crippen LogP contribution in [0.3, 0.4) is 0 Å². The Morgan fingerprint density at radius 2 is 2.00 bits per heavy atom. The van der Waals surface area contributed by atoms with E-state index in [-0.39, 0.29) is 6.10 Å². The van der Waals surface area contributed by atoms with E-state index in [4.69, 9.17) is 11.6 Å². The molecule has 1 aliphatic rings. The van der Waals surface area contributed by atoms with E-state index in [0.717, 1.165) is 49.6 Å². The molecule has 1 saturated heterocycles. The predicted molar refractivity (Wildman–Crippen MR) is 77.8 cm³/mol. The van der Waals surface area contributed by atoms with Crippen molar-refractivity contribution >= 4 is 17.4 Å². The van der Waals surface area contributed by atoms with E-state index in [1.54, 1.807) is 0 Å². The maximum absolute atomic E-state index is 9.66. The van der Waals surface area contributed by atoms with Crippen LogP contribution in [0.4, 0.5) is 5.82 Å². The molecule has 4 nitrogen and oxygen atoms in total. The molecule has 0 bridgehead atoms. The number of anilines is 1. The molecule has 1 N–H and O–H groups in total. The molecule has 2 heterocycles. The number of hydrogen-bond acceptors (Lipinski definition) is 4. The van der Waals surface area contributed by atoms with Gasteiger partial charge < -0.3 is 10.0 Å². The summed E-state index contributed by atoms with van der Waals surface area (Å²) in [5.74, 6) is 2.10. The fraction of sp³-hybridized carbons (Fsp3) is 0.714. The van der Waals surface area contributed by atoms with Crippen LogP contribution in [-0.2, 0) is 6.42 Å². The van der Waals surface area contributed by atoms with Gasteiger partial charge in [-0.1, -0.05) is 18.5 Å². The van der Waals surface area contributed by atoms with E-state index in [9.17, 15) is 5.11 Å². The van der Waals surface area contributed by atoms with Crippen molar-refractivity contribution in [2.75, 3.05) is 18.0 Å². The number of aryl methyl sites for hydroxylation is 1. The van der Waals surface area contributed by atoms with Crippen molar-refractivity contribution in [3.63, 3.8) is 0 Å². The van der Waals surface area contributed by atoms with Gasteiger partial charge >= 0.3 is 0 Å². The first-order chi connectivity index (χ1) is 9.02. The molecule has 0 spiro atoms. The number of nitrogens with zero attached hydrogens (tertiary/aromatic N) is 3. The van der Waals surface area contributed by atoms with Crippen LogP contribution in [0.15, 0.2) is 0 Å². The maximum atomic E-state index is 9.66. The normalized spacial score (nSPS) is 18.7. The molecule has 2 rings (SSSR count). The van der Waals surface area contributed by atoms with Crippen molar-refractivity contribution in [2.24, 2.45) is 5.92 Å². The first-order valence-corrected chi connectivity index (χ1v) is 7.36. The topological polar surface area (TPSA) is 49.2 Å². The monoisotopic (exact) mass is 283 g/mol. The smallest absolute Gasteiger partial charge is 0.138 e. The molecule has 1 aromatic heterocycles. The van der Waals surface area contributed by atoms with Crippen molar-refractivity contribution in [1.29, 1.82) is 0 Å². The fourth-order valence-corrected chi connectivity index (χ4v) is 3.05. The summed E-state index contributed by atoms with van der Waals surface area (Å²) in [6.45, 7) is 7.68. The van der Waals surface area contributed by atoms with Gasteiger partial charge in [0.2, 0.25) is 0 Å². The third-order valence-corrected chi connectivity index (χ3v) is 4.23. The number of aromatic nitrogens is 2. The lowest BCUT2D eigenvalue weighted by atomic mass is 9.92. The van der Waals surface area contributed by atoms with Crippen LogP contribution in [0.25, 0.3) is 0 Å². The molecule has 106 valence electrons. The molecule has 1 fully saturated rings. The van der Waals surface area contributed by atoms with Gasteiger partial charge in [-0.15, -0.1) is 0 Å². The van der Waals surface area contributed by atoms with Crippen molar-refractivity contribution in [2.45, 2.75) is 46.1 Å². The van der Waals surface area contributed by atoms with Crippen LogP contribution < -0.4 is 4.90 Å². The third kappa shape index (κ3) is 3.18. The van der Waals surface area contributed by atoms with Gasteiger partial charge in [0.25, 0.3) is 0 Å². The maximum Gasteiger partial charge on any atom is 0.138 e. The molecule has 0 aromatic carbocycles. The van der Waals surface area contributed by atoms with E-state index < -0.39 is 0 Å². The van der Waals surface area contributed by atoms with Gasteiger partial charge in [-0.2, -0.15) is 0 Å². The summed E-state index contributed by atoms with van der Waals surface area (Å²) >= 11 is 6.22. The van der Waals surface area contributed by atoms with E-state index in [1.165, 1.54) is 0 Å². The number of halogens is 1. The summed E-state index contributed by atoms with van der Waals surface area (Å²) in [5, 5.41) is 10.2. The molecule has 0 aliphatic carbocycles. The minimum Gasteiger partial charge on any atom is -0.393 e. The highest BCUT2D eigenvalue weighted by Crippen LogP contribution is 2.29. The average Bonchev–Trinajstić information content (AvgIpc) is 2.38. The Hall–Kier alpha value is -0.870. The minimum absolute atomic E-state index is 0.219. The third-order valence-electron chi connectivity index (χ3n) is 3.92. The van der Waals surface area contributed by atoms with Crippen LogP contribution >= 0.6 is 11.6 Å². The Labute approximate surface area is 119 Å². The van der Waals surface area contributed by atoms with Gasteiger partial charge in [0, 0.05) is 18.7 Å². The number of piperidine rings is 1. The van der Waals surface area contributed by atoms with Crippen LogP contribution in [0.1, 0.15) is 38.1 Å². The molecule has 19 heavy (non-hydrogen) atoms. The van der Waals surface area contributed by atoms with Gasteiger partial charge in [-0.3, -0.25) is 0 Å². The summed E-state index contributed by atoms with van der Waals surface area (Å²) in [7, 11) is 0. The van der Waals surface area contributed by atoms with E-state index >= 15 is 0 Å². The molecule has 1 atom stereocenters. The highest BCUT2D eigenvalue weighted by Gasteiger charge is 2.25. The number of hydrogen-bond donors (Lipinski definition) is 1. The van der Waals surface area contributed by atoms with Gasteiger partial charge in [0.15, 0.2) is 0 Å². The van der Waals surface area contributed by atoms with Gasteiger partial charge in [-0.05, 0) is 39.0 Å². The quantitative estimate of drug-likeness (QED) is 0.867. The van der Waals surface area contributed by atoms with E-state index in [0.29, 0.717) is 11.1 Å². The zero-order chi connectivity index (χ0) is 14.0. The fourth-order valence-electron chi connectivity index (χ4n) is 2.71. The Kier molecular flexibility index (Phi) is 4.63. The lowest BCUT2D eigenvalue weighted by molar-refractivity contribution is 0.109. The highest BCUT2D eigenvalue weighted by molar-refractivity contribution is 6.30. The average molecular weight is 284 g/mol. The largest absolute Gasteiger partial charge is 0.393 e. The number of aliphatic hydroxyl groups excluding tert-OH is 1. The second-order valence-corrected chi connectivity index (χ2v) is 5.64. The van der Waals surface area contributed by atoms with Crippen LogP contribution in [-0.4, -0.2) is 34.3 Å². The summed E-state index contributed by atoms with van der Waals surface area (Å²) in [5.41, 5.74) is 1.03. The number of aliphatic hydroxyl groups is 1. The molecule has 1 aliphatic heterocycles. The first-order valence-electron chi connectivity index (χ1n) is 6.99. The predicted octanol–water partition coefficient (Wildman–Crippen LogP) is 2.60. The molecule has 5 heteroatoms. The van der Waals surface area contributed by atoms with Gasteiger partial charge in [0.1, 0.15) is 16.8 Å². The molecule has 0 saturated carbocycles. The van der Waals surface area contributed by atoms with Crippen molar-refractivity contribution in [1.82, 2.24) is 9.97 Å². The zero-order valence-corrected chi connectivity index (χ0v) is 12.6. The van der Waals surface area contributed by atoms with Gasteiger partial charge in [-0.25, -0.2) is 9.97 Å². The standard InChI is InChI=1S/C14H22ClN3O/c1-4-12-13(15)16-10(3)17-14(12)18-7-5-11(6-8-18)9(2)19/h9,11,19H,4-8H2,1-3H3. The second kappa shape index (κ2) is 6.06. The van der Waals surface area contributed by atoms with Crippen LogP contribution in [0, 0.1) is 12.8 Å². The molecular formula is C14H22ClN3O. The first kappa shape index (κ1) is 14.5. The second-order valence-electron chi connectivity index (χ2n) is 5.28. The lowest BCUT2D eigenvalue weighted by Crippen LogP contribution is -2.38. The van der Waals surface area contributed by atoms with Crippen LogP contribution in [0.2, 0.25) is 5.15 Å². The highest BCUT2D eigenvalue weighted by atomic mass is 35.5. The van der Waals surface area contributed by atoms with Crippen LogP contribution in [0.5, 0.6) is 0 Å². The van der Waals surface area contributed by atoms with Crippen molar-refractivity contribution in [3.8, 4) is 0 Å².